The van der Waals surface area contributed by atoms with Crippen molar-refractivity contribution < 1.29 is 4.42 Å². The molecule has 0 saturated heterocycles. The molecule has 0 radical (unpaired) electrons. The highest BCUT2D eigenvalue weighted by Crippen LogP contribution is 2.24. The van der Waals surface area contributed by atoms with Crippen LogP contribution in [-0.4, -0.2) is 0 Å². The van der Waals surface area contributed by atoms with Crippen LogP contribution in [0.4, 0.5) is 0 Å². The van der Waals surface area contributed by atoms with E-state index in [9.17, 15) is 0 Å². The molecular formula is C9H8BrNO. The second-order valence-corrected chi connectivity index (χ2v) is 3.52. The average Bonchev–Trinajstić information content (AvgIpc) is 2.50. The SMILES string of the molecule is NCc1cc(Br)cc2ccoc12. The molecule has 0 aliphatic carbocycles. The molecule has 0 amide bonds. The predicted molar refractivity (Wildman–Crippen MR) is 51.8 cm³/mol. The minimum atomic E-state index is 0.503. The summed E-state index contributed by atoms with van der Waals surface area (Å²) < 4.78 is 6.33. The van der Waals surface area contributed by atoms with Crippen LogP contribution in [0.25, 0.3) is 11.0 Å². The van der Waals surface area contributed by atoms with E-state index in [1.807, 2.05) is 18.2 Å². The first-order valence-corrected chi connectivity index (χ1v) is 4.46. The third-order valence-corrected chi connectivity index (χ3v) is 2.27. The van der Waals surface area contributed by atoms with Gasteiger partial charge in [-0.1, -0.05) is 15.9 Å². The zero-order valence-electron chi connectivity index (χ0n) is 6.38. The maximum absolute atomic E-state index is 5.56. The largest absolute Gasteiger partial charge is 0.464 e. The summed E-state index contributed by atoms with van der Waals surface area (Å²) >= 11 is 3.41. The van der Waals surface area contributed by atoms with Gasteiger partial charge in [0.2, 0.25) is 0 Å². The molecule has 0 aliphatic heterocycles. The van der Waals surface area contributed by atoms with Crippen LogP contribution in [-0.2, 0) is 6.54 Å². The monoisotopic (exact) mass is 225 g/mol. The van der Waals surface area contributed by atoms with Crippen LogP contribution >= 0.6 is 15.9 Å². The molecule has 1 aromatic heterocycles. The number of hydrogen-bond acceptors (Lipinski definition) is 2. The second-order valence-electron chi connectivity index (χ2n) is 2.61. The van der Waals surface area contributed by atoms with Crippen molar-refractivity contribution in [1.29, 1.82) is 0 Å². The predicted octanol–water partition coefficient (Wildman–Crippen LogP) is 2.65. The Labute approximate surface area is 78.5 Å². The van der Waals surface area contributed by atoms with Crippen molar-refractivity contribution in [1.82, 2.24) is 0 Å². The van der Waals surface area contributed by atoms with Crippen molar-refractivity contribution in [2.75, 3.05) is 0 Å². The molecule has 3 heteroatoms. The van der Waals surface area contributed by atoms with E-state index in [2.05, 4.69) is 15.9 Å². The van der Waals surface area contributed by atoms with Crippen LogP contribution in [0.1, 0.15) is 5.56 Å². The van der Waals surface area contributed by atoms with E-state index in [4.69, 9.17) is 10.2 Å². The molecule has 2 N–H and O–H groups in total. The zero-order valence-corrected chi connectivity index (χ0v) is 7.97. The fourth-order valence-corrected chi connectivity index (χ4v) is 1.79. The van der Waals surface area contributed by atoms with E-state index in [1.165, 1.54) is 0 Å². The lowest BCUT2D eigenvalue weighted by atomic mass is 10.1. The average molecular weight is 226 g/mol. The number of hydrogen-bond donors (Lipinski definition) is 1. The number of furan rings is 1. The van der Waals surface area contributed by atoms with Crippen LogP contribution in [0, 0.1) is 0 Å². The third-order valence-electron chi connectivity index (χ3n) is 1.81. The van der Waals surface area contributed by atoms with Gasteiger partial charge in [0.25, 0.3) is 0 Å². The fourth-order valence-electron chi connectivity index (χ4n) is 1.27. The number of benzene rings is 1. The molecule has 2 rings (SSSR count). The maximum atomic E-state index is 5.56. The van der Waals surface area contributed by atoms with Crippen LogP contribution < -0.4 is 5.73 Å². The minimum absolute atomic E-state index is 0.503. The lowest BCUT2D eigenvalue weighted by Gasteiger charge is -1.98. The van der Waals surface area contributed by atoms with E-state index >= 15 is 0 Å². The summed E-state index contributed by atoms with van der Waals surface area (Å²) in [6.45, 7) is 0.503. The number of fused-ring (bicyclic) bond motifs is 1. The van der Waals surface area contributed by atoms with Gasteiger partial charge in [-0.15, -0.1) is 0 Å². The number of nitrogens with two attached hydrogens (primary N) is 1. The van der Waals surface area contributed by atoms with Crippen molar-refractivity contribution in [3.05, 3.63) is 34.5 Å². The molecule has 1 heterocycles. The van der Waals surface area contributed by atoms with Gasteiger partial charge in [-0.05, 0) is 18.2 Å². The topological polar surface area (TPSA) is 39.2 Å². The van der Waals surface area contributed by atoms with Gasteiger partial charge in [0, 0.05) is 22.0 Å². The van der Waals surface area contributed by atoms with Gasteiger partial charge in [0.05, 0.1) is 6.26 Å². The molecular weight excluding hydrogens is 218 g/mol. The van der Waals surface area contributed by atoms with Gasteiger partial charge in [-0.3, -0.25) is 0 Å². The highest BCUT2D eigenvalue weighted by atomic mass is 79.9. The Morgan fingerprint density at radius 1 is 1.42 bits per heavy atom. The first-order valence-electron chi connectivity index (χ1n) is 3.67. The van der Waals surface area contributed by atoms with E-state index in [1.54, 1.807) is 6.26 Å². The molecule has 2 aromatic rings. The first kappa shape index (κ1) is 7.83. The van der Waals surface area contributed by atoms with Crippen molar-refractivity contribution in [2.24, 2.45) is 5.73 Å². The summed E-state index contributed by atoms with van der Waals surface area (Å²) in [5, 5.41) is 1.09. The van der Waals surface area contributed by atoms with Gasteiger partial charge < -0.3 is 10.2 Å². The van der Waals surface area contributed by atoms with Crippen LogP contribution in [0.5, 0.6) is 0 Å². The highest BCUT2D eigenvalue weighted by Gasteiger charge is 2.03. The Bertz CT molecular complexity index is 408. The molecule has 12 heavy (non-hydrogen) atoms. The van der Waals surface area contributed by atoms with Gasteiger partial charge in [-0.2, -0.15) is 0 Å². The van der Waals surface area contributed by atoms with Crippen molar-refractivity contribution >= 4 is 26.9 Å². The second kappa shape index (κ2) is 2.92. The van der Waals surface area contributed by atoms with Gasteiger partial charge in [0.1, 0.15) is 5.58 Å². The summed E-state index contributed by atoms with van der Waals surface area (Å²) in [7, 11) is 0. The molecule has 1 aromatic carbocycles. The summed E-state index contributed by atoms with van der Waals surface area (Å²) in [5.41, 5.74) is 7.48. The summed E-state index contributed by atoms with van der Waals surface area (Å²) in [6, 6.07) is 5.92. The first-order chi connectivity index (χ1) is 5.81. The standard InChI is InChI=1S/C9H8BrNO/c10-8-3-6-1-2-12-9(6)7(4-8)5-11/h1-4H,5,11H2. The molecule has 0 fully saturated rings. The van der Waals surface area contributed by atoms with E-state index < -0.39 is 0 Å². The maximum Gasteiger partial charge on any atom is 0.138 e. The molecule has 0 spiro atoms. The molecule has 0 saturated carbocycles. The normalized spacial score (nSPS) is 10.8. The van der Waals surface area contributed by atoms with Crippen LogP contribution in [0.2, 0.25) is 0 Å². The number of halogens is 1. The van der Waals surface area contributed by atoms with E-state index in [0.29, 0.717) is 6.54 Å². The van der Waals surface area contributed by atoms with Crippen LogP contribution in [0.15, 0.2) is 33.4 Å². The van der Waals surface area contributed by atoms with Gasteiger partial charge >= 0.3 is 0 Å². The molecule has 2 nitrogen and oxygen atoms in total. The van der Waals surface area contributed by atoms with Crippen molar-refractivity contribution in [2.45, 2.75) is 6.54 Å². The Kier molecular flexibility index (Phi) is 1.90. The van der Waals surface area contributed by atoms with Gasteiger partial charge in [0.15, 0.2) is 0 Å². The third kappa shape index (κ3) is 1.15. The Morgan fingerprint density at radius 2 is 2.25 bits per heavy atom. The lowest BCUT2D eigenvalue weighted by molar-refractivity contribution is 0.611. The molecule has 0 aliphatic rings. The molecule has 0 bridgehead atoms. The quantitative estimate of drug-likeness (QED) is 0.811. The summed E-state index contributed by atoms with van der Waals surface area (Å²) in [6.07, 6.45) is 1.68. The minimum Gasteiger partial charge on any atom is -0.464 e. The zero-order chi connectivity index (χ0) is 8.55. The van der Waals surface area contributed by atoms with E-state index in [0.717, 1.165) is 21.0 Å². The van der Waals surface area contributed by atoms with Gasteiger partial charge in [-0.25, -0.2) is 0 Å². The fraction of sp³-hybridized carbons (Fsp3) is 0.111. The molecule has 0 atom stereocenters. The molecule has 0 unspecified atom stereocenters. The van der Waals surface area contributed by atoms with Crippen molar-refractivity contribution in [3.8, 4) is 0 Å². The van der Waals surface area contributed by atoms with E-state index in [-0.39, 0.29) is 0 Å². The Hall–Kier alpha value is -0.800. The van der Waals surface area contributed by atoms with Crippen LogP contribution in [0.3, 0.4) is 0 Å². The molecule has 62 valence electrons. The lowest BCUT2D eigenvalue weighted by Crippen LogP contribution is -1.96. The summed E-state index contributed by atoms with van der Waals surface area (Å²) in [5.74, 6) is 0. The Balaban J connectivity index is 2.80. The Morgan fingerprint density at radius 3 is 3.00 bits per heavy atom. The van der Waals surface area contributed by atoms with Crippen molar-refractivity contribution in [3.63, 3.8) is 0 Å². The smallest absolute Gasteiger partial charge is 0.138 e. The number of rotatable bonds is 1. The highest BCUT2D eigenvalue weighted by molar-refractivity contribution is 9.10. The summed E-state index contributed by atoms with van der Waals surface area (Å²) in [4.78, 5) is 0.